The number of fused-ring (bicyclic) bond motifs is 2. The number of hydrogen-bond acceptors (Lipinski definition) is 0. The number of allylic oxidation sites excluding steroid dienone is 4. The number of rotatable bonds is 0. The molecule has 0 saturated heterocycles. The molecule has 0 amide bonds. The van der Waals surface area contributed by atoms with Crippen LogP contribution >= 0.6 is 0 Å². The van der Waals surface area contributed by atoms with Gasteiger partial charge in [-0.2, -0.15) is 0 Å². The van der Waals surface area contributed by atoms with Gasteiger partial charge >= 0.3 is 0 Å². The van der Waals surface area contributed by atoms with Crippen LogP contribution in [0, 0.1) is 0 Å². The topological polar surface area (TPSA) is 0 Å². The summed E-state index contributed by atoms with van der Waals surface area (Å²) in [6.07, 6.45) is 8.19. The molecule has 0 aromatic heterocycles. The van der Waals surface area contributed by atoms with Crippen molar-refractivity contribution in [3.8, 4) is 0 Å². The lowest BCUT2D eigenvalue weighted by molar-refractivity contribution is 0.994. The molecule has 0 N–H and O–H groups in total. The predicted octanol–water partition coefficient (Wildman–Crippen LogP) is 3.04. The van der Waals surface area contributed by atoms with Crippen LogP contribution in [0.15, 0.2) is 47.6 Å². The summed E-state index contributed by atoms with van der Waals surface area (Å²) < 4.78 is 0. The first-order chi connectivity index (χ1) is 6.43. The van der Waals surface area contributed by atoms with Crippen LogP contribution in [0.1, 0.15) is 17.5 Å². The maximum absolute atomic E-state index is 2.37. The van der Waals surface area contributed by atoms with E-state index >= 15 is 0 Å². The van der Waals surface area contributed by atoms with E-state index in [1.807, 2.05) is 0 Å². The van der Waals surface area contributed by atoms with E-state index in [0.29, 0.717) is 0 Å². The standard InChI is InChI=1S/C13H12/c1-2-5-11-9-13-7-3-6-12(13)8-10(11)4-1/h1-2,4-7H,3,8-9H2. The highest BCUT2D eigenvalue weighted by molar-refractivity contribution is 5.50. The monoisotopic (exact) mass is 168 g/mol. The molecule has 2 aliphatic rings. The second kappa shape index (κ2) is 2.59. The summed E-state index contributed by atoms with van der Waals surface area (Å²) in [7, 11) is 0. The summed E-state index contributed by atoms with van der Waals surface area (Å²) in [5.41, 5.74) is 6.18. The van der Waals surface area contributed by atoms with Gasteiger partial charge < -0.3 is 0 Å². The molecule has 0 radical (unpaired) electrons. The van der Waals surface area contributed by atoms with Crippen molar-refractivity contribution in [3.63, 3.8) is 0 Å². The molecule has 0 nitrogen and oxygen atoms in total. The lowest BCUT2D eigenvalue weighted by atomic mass is 9.86. The molecule has 13 heavy (non-hydrogen) atoms. The Morgan fingerprint density at radius 2 is 1.31 bits per heavy atom. The van der Waals surface area contributed by atoms with Crippen LogP contribution in [0.5, 0.6) is 0 Å². The highest BCUT2D eigenvalue weighted by Gasteiger charge is 2.18. The van der Waals surface area contributed by atoms with Crippen molar-refractivity contribution in [2.24, 2.45) is 0 Å². The van der Waals surface area contributed by atoms with Crippen LogP contribution in [0.4, 0.5) is 0 Å². The number of benzene rings is 1. The van der Waals surface area contributed by atoms with Gasteiger partial charge in [0.05, 0.1) is 0 Å². The second-order valence-electron chi connectivity index (χ2n) is 3.82. The van der Waals surface area contributed by atoms with Crippen LogP contribution in [-0.2, 0) is 12.8 Å². The number of hydrogen-bond donors (Lipinski definition) is 0. The molecular weight excluding hydrogens is 156 g/mol. The van der Waals surface area contributed by atoms with Gasteiger partial charge in [0.25, 0.3) is 0 Å². The third kappa shape index (κ3) is 1.06. The minimum atomic E-state index is 1.15. The van der Waals surface area contributed by atoms with Gasteiger partial charge in [-0.05, 0) is 41.5 Å². The first kappa shape index (κ1) is 7.14. The molecule has 1 aromatic carbocycles. The van der Waals surface area contributed by atoms with E-state index in [0.717, 1.165) is 19.3 Å². The summed E-state index contributed by atoms with van der Waals surface area (Å²) in [5.74, 6) is 0. The van der Waals surface area contributed by atoms with Gasteiger partial charge in [-0.1, -0.05) is 36.4 Å². The van der Waals surface area contributed by atoms with Gasteiger partial charge in [-0.15, -0.1) is 0 Å². The first-order valence-electron chi connectivity index (χ1n) is 4.89. The van der Waals surface area contributed by atoms with Crippen LogP contribution in [0.2, 0.25) is 0 Å². The zero-order valence-electron chi connectivity index (χ0n) is 7.59. The fraction of sp³-hybridized carbons (Fsp3) is 0.231. The quantitative estimate of drug-likeness (QED) is 0.558. The van der Waals surface area contributed by atoms with E-state index in [-0.39, 0.29) is 0 Å². The second-order valence-corrected chi connectivity index (χ2v) is 3.82. The molecule has 0 unspecified atom stereocenters. The van der Waals surface area contributed by atoms with Crippen molar-refractivity contribution in [3.05, 3.63) is 58.7 Å². The Morgan fingerprint density at radius 1 is 0.769 bits per heavy atom. The van der Waals surface area contributed by atoms with E-state index in [9.17, 15) is 0 Å². The molecule has 0 atom stereocenters. The summed E-state index contributed by atoms with van der Waals surface area (Å²) in [4.78, 5) is 0. The molecular formula is C13H12. The smallest absolute Gasteiger partial charge is 0.00232 e. The minimum absolute atomic E-state index is 1.15. The highest BCUT2D eigenvalue weighted by Crippen LogP contribution is 2.32. The van der Waals surface area contributed by atoms with Crippen molar-refractivity contribution in [1.82, 2.24) is 0 Å². The largest absolute Gasteiger partial charge is 0.0769 e. The Hall–Kier alpha value is -1.30. The molecule has 3 rings (SSSR count). The Balaban J connectivity index is 2.12. The Kier molecular flexibility index (Phi) is 1.42. The van der Waals surface area contributed by atoms with Crippen molar-refractivity contribution in [2.75, 3.05) is 0 Å². The lowest BCUT2D eigenvalue weighted by Crippen LogP contribution is -2.06. The SMILES string of the molecule is C1=C2Cc3ccccc3CC2=CC1. The molecule has 64 valence electrons. The predicted molar refractivity (Wildman–Crippen MR) is 54.6 cm³/mol. The summed E-state index contributed by atoms with van der Waals surface area (Å²) in [5, 5.41) is 0. The Bertz CT molecular complexity index is 369. The zero-order chi connectivity index (χ0) is 8.67. The van der Waals surface area contributed by atoms with E-state index in [1.54, 1.807) is 11.1 Å². The average Bonchev–Trinajstić information content (AvgIpc) is 2.61. The normalized spacial score (nSPS) is 18.8. The van der Waals surface area contributed by atoms with E-state index in [1.165, 1.54) is 11.1 Å². The highest BCUT2D eigenvalue weighted by atomic mass is 14.2. The molecule has 0 heteroatoms. The van der Waals surface area contributed by atoms with Gasteiger partial charge in [0, 0.05) is 0 Å². The third-order valence-electron chi connectivity index (χ3n) is 3.02. The molecule has 2 aliphatic carbocycles. The third-order valence-corrected chi connectivity index (χ3v) is 3.02. The van der Waals surface area contributed by atoms with Crippen LogP contribution in [0.25, 0.3) is 0 Å². The van der Waals surface area contributed by atoms with Gasteiger partial charge in [-0.3, -0.25) is 0 Å². The molecule has 0 saturated carbocycles. The molecule has 0 spiro atoms. The van der Waals surface area contributed by atoms with E-state index in [2.05, 4.69) is 36.4 Å². The van der Waals surface area contributed by atoms with Crippen LogP contribution in [-0.4, -0.2) is 0 Å². The fourth-order valence-corrected chi connectivity index (χ4v) is 2.29. The lowest BCUT2D eigenvalue weighted by Gasteiger charge is -2.19. The first-order valence-corrected chi connectivity index (χ1v) is 4.89. The van der Waals surface area contributed by atoms with Crippen LogP contribution < -0.4 is 0 Å². The zero-order valence-corrected chi connectivity index (χ0v) is 7.59. The maximum Gasteiger partial charge on any atom is -0.00232 e. The molecule has 0 bridgehead atoms. The van der Waals surface area contributed by atoms with Gasteiger partial charge in [0.2, 0.25) is 0 Å². The molecule has 1 aromatic rings. The van der Waals surface area contributed by atoms with Crippen LogP contribution in [0.3, 0.4) is 0 Å². The van der Waals surface area contributed by atoms with Gasteiger partial charge in [0.15, 0.2) is 0 Å². The summed E-state index contributed by atoms with van der Waals surface area (Å²) in [6, 6.07) is 8.79. The van der Waals surface area contributed by atoms with Crippen molar-refractivity contribution in [2.45, 2.75) is 19.3 Å². The van der Waals surface area contributed by atoms with E-state index < -0.39 is 0 Å². The molecule has 0 heterocycles. The van der Waals surface area contributed by atoms with Crippen molar-refractivity contribution in [1.29, 1.82) is 0 Å². The van der Waals surface area contributed by atoms with Crippen molar-refractivity contribution < 1.29 is 0 Å². The van der Waals surface area contributed by atoms with E-state index in [4.69, 9.17) is 0 Å². The molecule has 0 aliphatic heterocycles. The minimum Gasteiger partial charge on any atom is -0.0769 e. The average molecular weight is 168 g/mol. The Labute approximate surface area is 78.6 Å². The van der Waals surface area contributed by atoms with Gasteiger partial charge in [-0.25, -0.2) is 0 Å². The maximum atomic E-state index is 2.37. The summed E-state index contributed by atoms with van der Waals surface area (Å²) in [6.45, 7) is 0. The molecule has 0 fully saturated rings. The Morgan fingerprint density at radius 3 is 1.85 bits per heavy atom. The fourth-order valence-electron chi connectivity index (χ4n) is 2.29. The van der Waals surface area contributed by atoms with Crippen molar-refractivity contribution >= 4 is 0 Å². The van der Waals surface area contributed by atoms with Gasteiger partial charge in [0.1, 0.15) is 0 Å². The summed E-state index contributed by atoms with van der Waals surface area (Å²) >= 11 is 0.